The molecule has 0 bridgehead atoms. The number of hydrogen-bond donors (Lipinski definition) is 2. The topological polar surface area (TPSA) is 89.0 Å². The Morgan fingerprint density at radius 2 is 1.83 bits per heavy atom. The zero-order valence-electron chi connectivity index (χ0n) is 15.2. The minimum Gasteiger partial charge on any atom is -0.486 e. The van der Waals surface area contributed by atoms with Crippen LogP contribution in [0.25, 0.3) is 0 Å². The minimum absolute atomic E-state index is 0.0623. The van der Waals surface area contributed by atoms with Gasteiger partial charge in [0, 0.05) is 12.5 Å². The molecule has 4 rings (SSSR count). The number of anilines is 1. The van der Waals surface area contributed by atoms with Gasteiger partial charge in [0.1, 0.15) is 18.5 Å². The number of carbonyl (C=O) groups is 2. The predicted molar refractivity (Wildman–Crippen MR) is 119 cm³/mol. The summed E-state index contributed by atoms with van der Waals surface area (Å²) in [5.74, 6) is 0.575. The highest BCUT2D eigenvalue weighted by atomic mass is 35.5. The monoisotopic (exact) mass is 485 g/mol. The fraction of sp³-hybridized carbons (Fsp3) is 0.211. The first-order valence-electron chi connectivity index (χ1n) is 8.79. The van der Waals surface area contributed by atoms with E-state index in [0.717, 1.165) is 0 Å². The Kier molecular flexibility index (Phi) is 6.29. The Balaban J connectivity index is 1.41. The van der Waals surface area contributed by atoms with Crippen LogP contribution in [0.5, 0.6) is 11.5 Å². The van der Waals surface area contributed by atoms with Gasteiger partial charge in [0.2, 0.25) is 11.8 Å². The summed E-state index contributed by atoms with van der Waals surface area (Å²) < 4.78 is 11.0. The van der Waals surface area contributed by atoms with Crippen LogP contribution in [0.4, 0.5) is 11.4 Å². The van der Waals surface area contributed by atoms with Gasteiger partial charge in [-0.1, -0.05) is 46.6 Å². The molecule has 1 atom stereocenters. The summed E-state index contributed by atoms with van der Waals surface area (Å²) in [6.07, 6.45) is -0.0623. The average molecular weight is 487 g/mol. The largest absolute Gasteiger partial charge is 0.486 e. The lowest BCUT2D eigenvalue weighted by molar-refractivity contribution is -0.122. The lowest BCUT2D eigenvalue weighted by atomic mass is 10.2. The zero-order valence-corrected chi connectivity index (χ0v) is 18.3. The maximum Gasteiger partial charge on any atom is 0.240 e. The van der Waals surface area contributed by atoms with E-state index in [2.05, 4.69) is 15.6 Å². The second kappa shape index (κ2) is 8.93. The van der Waals surface area contributed by atoms with Crippen molar-refractivity contribution >= 4 is 74.9 Å². The first kappa shape index (κ1) is 21.1. The lowest BCUT2D eigenvalue weighted by Gasteiger charge is -2.18. The molecule has 2 heterocycles. The predicted octanol–water partition coefficient (Wildman–Crippen LogP) is 4.67. The van der Waals surface area contributed by atoms with Crippen molar-refractivity contribution in [2.24, 2.45) is 4.99 Å². The van der Waals surface area contributed by atoms with Gasteiger partial charge in [-0.2, -0.15) is 0 Å². The molecule has 30 heavy (non-hydrogen) atoms. The maximum absolute atomic E-state index is 12.4. The molecule has 2 aromatic carbocycles. The van der Waals surface area contributed by atoms with Gasteiger partial charge in [-0.25, -0.2) is 4.99 Å². The Labute approximate surface area is 191 Å². The lowest BCUT2D eigenvalue weighted by Crippen LogP contribution is -2.28. The summed E-state index contributed by atoms with van der Waals surface area (Å²) in [5, 5.41) is 5.91. The number of fused-ring (bicyclic) bond motifs is 1. The van der Waals surface area contributed by atoms with Gasteiger partial charge in [-0.05, 0) is 24.3 Å². The van der Waals surface area contributed by atoms with Gasteiger partial charge in [0.05, 0.1) is 26.4 Å². The molecule has 0 saturated carbocycles. The summed E-state index contributed by atoms with van der Waals surface area (Å²) in [4.78, 5) is 29.1. The Morgan fingerprint density at radius 1 is 1.10 bits per heavy atom. The molecule has 2 aliphatic heterocycles. The quantitative estimate of drug-likeness (QED) is 0.613. The number of aliphatic imine (C=N–C) groups is 1. The normalized spacial score (nSPS) is 19.0. The van der Waals surface area contributed by atoms with Gasteiger partial charge >= 0.3 is 0 Å². The Morgan fingerprint density at radius 3 is 2.63 bits per heavy atom. The van der Waals surface area contributed by atoms with Crippen molar-refractivity contribution in [3.05, 3.63) is 45.4 Å². The summed E-state index contributed by atoms with van der Waals surface area (Å²) in [6.45, 7) is 0.975. The number of amidine groups is 1. The molecule has 1 unspecified atom stereocenters. The molecule has 0 spiro atoms. The van der Waals surface area contributed by atoms with Gasteiger partial charge in [0.25, 0.3) is 0 Å². The van der Waals surface area contributed by atoms with Crippen LogP contribution in [-0.2, 0) is 9.59 Å². The van der Waals surface area contributed by atoms with Crippen LogP contribution in [0, 0.1) is 0 Å². The van der Waals surface area contributed by atoms with Crippen molar-refractivity contribution in [1.82, 2.24) is 5.32 Å². The second-order valence-electron chi connectivity index (χ2n) is 6.34. The molecule has 2 amide bonds. The highest BCUT2D eigenvalue weighted by molar-refractivity contribution is 8.15. The number of hydrogen-bond acceptors (Lipinski definition) is 6. The van der Waals surface area contributed by atoms with Crippen LogP contribution in [0.2, 0.25) is 15.1 Å². The molecule has 2 aromatic rings. The highest BCUT2D eigenvalue weighted by Crippen LogP contribution is 2.35. The number of halogens is 3. The van der Waals surface area contributed by atoms with Crippen LogP contribution < -0.4 is 20.1 Å². The van der Waals surface area contributed by atoms with Crippen molar-refractivity contribution in [2.45, 2.75) is 11.7 Å². The van der Waals surface area contributed by atoms with E-state index in [-0.39, 0.29) is 33.3 Å². The summed E-state index contributed by atoms with van der Waals surface area (Å²) in [7, 11) is 0. The van der Waals surface area contributed by atoms with Crippen molar-refractivity contribution in [2.75, 3.05) is 18.5 Å². The van der Waals surface area contributed by atoms with Crippen molar-refractivity contribution in [1.29, 1.82) is 0 Å². The van der Waals surface area contributed by atoms with E-state index in [1.165, 1.54) is 23.9 Å². The van der Waals surface area contributed by atoms with E-state index in [9.17, 15) is 9.59 Å². The van der Waals surface area contributed by atoms with Crippen molar-refractivity contribution < 1.29 is 19.1 Å². The fourth-order valence-corrected chi connectivity index (χ4v) is 4.38. The number of rotatable bonds is 4. The van der Waals surface area contributed by atoms with Crippen LogP contribution in [0.3, 0.4) is 0 Å². The number of amides is 2. The number of nitrogens with zero attached hydrogens (tertiary/aromatic N) is 1. The molecular formula is C19H14Cl3N3O4S. The van der Waals surface area contributed by atoms with Crippen LogP contribution in [0.1, 0.15) is 6.42 Å². The molecule has 156 valence electrons. The van der Waals surface area contributed by atoms with E-state index < -0.39 is 5.25 Å². The number of benzene rings is 2. The molecular weight excluding hydrogens is 473 g/mol. The van der Waals surface area contributed by atoms with Crippen molar-refractivity contribution in [3.63, 3.8) is 0 Å². The summed E-state index contributed by atoms with van der Waals surface area (Å²) in [6, 6.07) is 8.16. The van der Waals surface area contributed by atoms with Crippen LogP contribution in [-0.4, -0.2) is 35.4 Å². The molecule has 2 aliphatic rings. The fourth-order valence-electron chi connectivity index (χ4n) is 2.80. The molecule has 2 N–H and O–H groups in total. The van der Waals surface area contributed by atoms with Gasteiger partial charge in [-0.15, -0.1) is 0 Å². The minimum atomic E-state index is -0.623. The van der Waals surface area contributed by atoms with E-state index >= 15 is 0 Å². The molecule has 1 saturated heterocycles. The number of carbonyl (C=O) groups excluding carboxylic acids is 2. The number of nitrogens with one attached hydrogen (secondary N) is 2. The molecule has 7 nitrogen and oxygen atoms in total. The van der Waals surface area contributed by atoms with E-state index in [4.69, 9.17) is 44.3 Å². The van der Waals surface area contributed by atoms with E-state index in [1.54, 1.807) is 18.2 Å². The molecule has 0 aromatic heterocycles. The van der Waals surface area contributed by atoms with Crippen LogP contribution >= 0.6 is 46.6 Å². The summed E-state index contributed by atoms with van der Waals surface area (Å²) in [5.41, 5.74) is 0.930. The number of thioether (sulfide) groups is 1. The SMILES string of the molecule is O=C(CC1SC(=Nc2ccc3c(c2)OCCO3)NC1=O)Nc1cc(Cl)c(Cl)cc1Cl. The van der Waals surface area contributed by atoms with Crippen LogP contribution in [0.15, 0.2) is 35.3 Å². The zero-order chi connectivity index (χ0) is 21.3. The van der Waals surface area contributed by atoms with E-state index in [0.29, 0.717) is 41.3 Å². The third-order valence-corrected chi connectivity index (χ3v) is 6.30. The standard InChI is InChI=1S/C19H14Cl3N3O4S/c20-10-6-12(22)13(7-11(10)21)24-17(26)8-16-18(27)25-19(30-16)23-9-1-2-14-15(5-9)29-4-3-28-14/h1-2,5-7,16H,3-4,8H2,(H,24,26)(H,23,25,27). The van der Waals surface area contributed by atoms with Gasteiger partial charge in [0.15, 0.2) is 16.7 Å². The van der Waals surface area contributed by atoms with Gasteiger partial charge in [-0.3, -0.25) is 9.59 Å². The van der Waals surface area contributed by atoms with Gasteiger partial charge < -0.3 is 20.1 Å². The average Bonchev–Trinajstić information content (AvgIpc) is 3.04. The third kappa shape index (κ3) is 4.78. The first-order valence-corrected chi connectivity index (χ1v) is 10.8. The smallest absolute Gasteiger partial charge is 0.240 e. The maximum atomic E-state index is 12.4. The van der Waals surface area contributed by atoms with E-state index in [1.807, 2.05) is 0 Å². The Bertz CT molecular complexity index is 1060. The first-order chi connectivity index (χ1) is 14.4. The number of ether oxygens (including phenoxy) is 2. The molecule has 1 fully saturated rings. The molecule has 0 aliphatic carbocycles. The summed E-state index contributed by atoms with van der Waals surface area (Å²) >= 11 is 19.1. The highest BCUT2D eigenvalue weighted by Gasteiger charge is 2.32. The molecule has 11 heteroatoms. The second-order valence-corrected chi connectivity index (χ2v) is 8.75. The van der Waals surface area contributed by atoms with Crippen molar-refractivity contribution in [3.8, 4) is 11.5 Å². The third-order valence-electron chi connectivity index (χ3n) is 4.19. The molecule has 0 radical (unpaired) electrons. The Hall–Kier alpha value is -2.13.